The van der Waals surface area contributed by atoms with Crippen molar-refractivity contribution in [2.45, 2.75) is 6.54 Å². The summed E-state index contributed by atoms with van der Waals surface area (Å²) in [5, 5.41) is 11.1. The van der Waals surface area contributed by atoms with E-state index >= 15 is 0 Å². The van der Waals surface area contributed by atoms with E-state index in [0.29, 0.717) is 6.54 Å². The Balaban J connectivity index is 1.70. The van der Waals surface area contributed by atoms with Gasteiger partial charge in [0.25, 0.3) is 0 Å². The summed E-state index contributed by atoms with van der Waals surface area (Å²) in [5.41, 5.74) is 2.51. The minimum absolute atomic E-state index is 0.148. The standard InChI is InChI=1S/C13H14N6O/c1-18-9-11(16-17-18)8-15-10-2-4-12(5-3-10)19-7-6-14-13(19)20/h2-7,9,15H,8H2,1H3,(H,14,20). The van der Waals surface area contributed by atoms with Gasteiger partial charge >= 0.3 is 5.69 Å². The summed E-state index contributed by atoms with van der Waals surface area (Å²) < 4.78 is 3.21. The lowest BCUT2D eigenvalue weighted by molar-refractivity contribution is 0.713. The lowest BCUT2D eigenvalue weighted by Crippen LogP contribution is -2.13. The van der Waals surface area contributed by atoms with E-state index in [1.54, 1.807) is 21.6 Å². The van der Waals surface area contributed by atoms with Gasteiger partial charge in [0.2, 0.25) is 0 Å². The number of imidazole rings is 1. The van der Waals surface area contributed by atoms with Crippen molar-refractivity contribution in [2.24, 2.45) is 7.05 Å². The normalized spacial score (nSPS) is 10.7. The van der Waals surface area contributed by atoms with E-state index in [1.807, 2.05) is 37.5 Å². The first kappa shape index (κ1) is 12.2. The zero-order valence-electron chi connectivity index (χ0n) is 10.9. The molecule has 0 radical (unpaired) electrons. The second kappa shape index (κ2) is 5.04. The highest BCUT2D eigenvalue weighted by molar-refractivity contribution is 5.48. The Morgan fingerprint density at radius 1 is 1.30 bits per heavy atom. The zero-order valence-corrected chi connectivity index (χ0v) is 10.9. The van der Waals surface area contributed by atoms with Crippen LogP contribution < -0.4 is 11.0 Å². The monoisotopic (exact) mass is 270 g/mol. The van der Waals surface area contributed by atoms with Crippen molar-refractivity contribution >= 4 is 5.69 Å². The van der Waals surface area contributed by atoms with Gasteiger partial charge in [0.05, 0.1) is 12.2 Å². The number of anilines is 1. The Morgan fingerprint density at radius 2 is 2.10 bits per heavy atom. The highest BCUT2D eigenvalue weighted by Crippen LogP contribution is 2.12. The Hall–Kier alpha value is -2.83. The minimum Gasteiger partial charge on any atom is -0.379 e. The van der Waals surface area contributed by atoms with Crippen molar-refractivity contribution < 1.29 is 0 Å². The fraction of sp³-hybridized carbons (Fsp3) is 0.154. The van der Waals surface area contributed by atoms with Crippen LogP contribution in [0.4, 0.5) is 5.69 Å². The highest BCUT2D eigenvalue weighted by Gasteiger charge is 2.01. The lowest BCUT2D eigenvalue weighted by Gasteiger charge is -2.06. The molecule has 0 atom stereocenters. The molecule has 0 saturated heterocycles. The van der Waals surface area contributed by atoms with Gasteiger partial charge in [0.15, 0.2) is 0 Å². The highest BCUT2D eigenvalue weighted by atomic mass is 16.1. The molecule has 0 saturated carbocycles. The molecule has 102 valence electrons. The van der Waals surface area contributed by atoms with Gasteiger partial charge < -0.3 is 10.3 Å². The predicted octanol–water partition coefficient (Wildman–Crippen LogP) is 0.906. The predicted molar refractivity (Wildman–Crippen MR) is 74.7 cm³/mol. The molecule has 3 aromatic rings. The average molecular weight is 270 g/mol. The van der Waals surface area contributed by atoms with Gasteiger partial charge in [0, 0.05) is 31.3 Å². The molecule has 0 aliphatic heterocycles. The lowest BCUT2D eigenvalue weighted by atomic mass is 10.2. The van der Waals surface area contributed by atoms with Crippen LogP contribution in [0.25, 0.3) is 5.69 Å². The molecule has 0 amide bonds. The summed E-state index contributed by atoms with van der Waals surface area (Å²) in [6.07, 6.45) is 5.17. The minimum atomic E-state index is -0.148. The number of aryl methyl sites for hydroxylation is 1. The maximum absolute atomic E-state index is 11.5. The number of H-pyrrole nitrogens is 1. The van der Waals surface area contributed by atoms with Gasteiger partial charge in [0.1, 0.15) is 5.69 Å². The molecule has 0 fully saturated rings. The molecule has 7 heteroatoms. The molecule has 1 aromatic carbocycles. The summed E-state index contributed by atoms with van der Waals surface area (Å²) in [4.78, 5) is 14.1. The van der Waals surface area contributed by atoms with Gasteiger partial charge in [-0.05, 0) is 24.3 Å². The van der Waals surface area contributed by atoms with Gasteiger partial charge in [-0.25, -0.2) is 4.79 Å². The van der Waals surface area contributed by atoms with Gasteiger partial charge in [-0.2, -0.15) is 0 Å². The van der Waals surface area contributed by atoms with E-state index in [4.69, 9.17) is 0 Å². The smallest absolute Gasteiger partial charge is 0.330 e. The van der Waals surface area contributed by atoms with E-state index < -0.39 is 0 Å². The summed E-state index contributed by atoms with van der Waals surface area (Å²) in [7, 11) is 1.83. The van der Waals surface area contributed by atoms with E-state index in [0.717, 1.165) is 17.1 Å². The SMILES string of the molecule is Cn1cc(CNc2ccc(-n3cc[nH]c3=O)cc2)nn1. The molecule has 0 aliphatic carbocycles. The Kier molecular flexibility index (Phi) is 3.08. The number of rotatable bonds is 4. The molecular weight excluding hydrogens is 256 g/mol. The second-order valence-corrected chi connectivity index (χ2v) is 4.42. The van der Waals surface area contributed by atoms with Crippen molar-refractivity contribution in [2.75, 3.05) is 5.32 Å². The number of aromatic nitrogens is 5. The fourth-order valence-corrected chi connectivity index (χ4v) is 1.93. The van der Waals surface area contributed by atoms with E-state index in [1.165, 1.54) is 0 Å². The average Bonchev–Trinajstić information content (AvgIpc) is 3.06. The molecule has 2 N–H and O–H groups in total. The zero-order chi connectivity index (χ0) is 13.9. The molecule has 20 heavy (non-hydrogen) atoms. The molecular formula is C13H14N6O. The fourth-order valence-electron chi connectivity index (χ4n) is 1.93. The van der Waals surface area contributed by atoms with Crippen LogP contribution in [0.5, 0.6) is 0 Å². The second-order valence-electron chi connectivity index (χ2n) is 4.42. The maximum atomic E-state index is 11.5. The Bertz CT molecular complexity index is 752. The summed E-state index contributed by atoms with van der Waals surface area (Å²) in [6, 6.07) is 7.61. The third kappa shape index (κ3) is 2.46. The molecule has 0 unspecified atom stereocenters. The van der Waals surface area contributed by atoms with Crippen LogP contribution in [0.3, 0.4) is 0 Å². The van der Waals surface area contributed by atoms with E-state index in [2.05, 4.69) is 20.6 Å². The summed E-state index contributed by atoms with van der Waals surface area (Å²) >= 11 is 0. The number of aromatic amines is 1. The molecule has 2 heterocycles. The van der Waals surface area contributed by atoms with Crippen LogP contribution in [-0.4, -0.2) is 24.5 Å². The van der Waals surface area contributed by atoms with Gasteiger partial charge in [-0.1, -0.05) is 5.21 Å². The van der Waals surface area contributed by atoms with Crippen LogP contribution in [0, 0.1) is 0 Å². The first-order valence-corrected chi connectivity index (χ1v) is 6.18. The van der Waals surface area contributed by atoms with Crippen LogP contribution >= 0.6 is 0 Å². The third-order valence-corrected chi connectivity index (χ3v) is 2.92. The molecule has 3 rings (SSSR count). The van der Waals surface area contributed by atoms with Crippen molar-refractivity contribution in [1.29, 1.82) is 0 Å². The van der Waals surface area contributed by atoms with Crippen LogP contribution in [0.1, 0.15) is 5.69 Å². The van der Waals surface area contributed by atoms with Crippen molar-refractivity contribution in [3.8, 4) is 5.69 Å². The summed E-state index contributed by atoms with van der Waals surface area (Å²) in [6.45, 7) is 0.608. The number of nitrogens with zero attached hydrogens (tertiary/aromatic N) is 4. The van der Waals surface area contributed by atoms with Crippen LogP contribution in [-0.2, 0) is 13.6 Å². The summed E-state index contributed by atoms with van der Waals surface area (Å²) in [5.74, 6) is 0. The topological polar surface area (TPSA) is 80.5 Å². The van der Waals surface area contributed by atoms with Crippen LogP contribution in [0.2, 0.25) is 0 Å². The first-order valence-electron chi connectivity index (χ1n) is 6.18. The number of hydrogen-bond acceptors (Lipinski definition) is 4. The third-order valence-electron chi connectivity index (χ3n) is 2.92. The number of nitrogens with one attached hydrogen (secondary N) is 2. The number of hydrogen-bond donors (Lipinski definition) is 2. The van der Waals surface area contributed by atoms with Gasteiger partial charge in [-0.15, -0.1) is 5.10 Å². The van der Waals surface area contributed by atoms with Crippen molar-refractivity contribution in [3.05, 3.63) is 59.0 Å². The van der Waals surface area contributed by atoms with Gasteiger partial charge in [-0.3, -0.25) is 9.25 Å². The Morgan fingerprint density at radius 3 is 2.70 bits per heavy atom. The van der Waals surface area contributed by atoms with Crippen molar-refractivity contribution in [3.63, 3.8) is 0 Å². The van der Waals surface area contributed by atoms with E-state index in [-0.39, 0.29) is 5.69 Å². The first-order chi connectivity index (χ1) is 9.72. The molecule has 2 aromatic heterocycles. The van der Waals surface area contributed by atoms with E-state index in [9.17, 15) is 4.79 Å². The number of benzene rings is 1. The molecule has 7 nitrogen and oxygen atoms in total. The Labute approximate surface area is 114 Å². The maximum Gasteiger partial charge on any atom is 0.330 e. The molecule has 0 bridgehead atoms. The van der Waals surface area contributed by atoms with Crippen LogP contribution in [0.15, 0.2) is 47.7 Å². The molecule has 0 aliphatic rings. The molecule has 0 spiro atoms. The van der Waals surface area contributed by atoms with Crippen molar-refractivity contribution in [1.82, 2.24) is 24.5 Å². The largest absolute Gasteiger partial charge is 0.379 e. The quantitative estimate of drug-likeness (QED) is 0.738.